The first-order valence-corrected chi connectivity index (χ1v) is 8.92. The maximum Gasteiger partial charge on any atom is 0.250 e. The highest BCUT2D eigenvalue weighted by molar-refractivity contribution is 7.91. The van der Waals surface area contributed by atoms with Crippen LogP contribution in [0.1, 0.15) is 39.5 Å². The lowest BCUT2D eigenvalue weighted by Gasteiger charge is -2.14. The summed E-state index contributed by atoms with van der Waals surface area (Å²) in [5, 5.41) is 0. The molecule has 104 valence electrons. The molecule has 0 saturated heterocycles. The van der Waals surface area contributed by atoms with Crippen LogP contribution in [0.15, 0.2) is 16.3 Å². The number of thiophene rings is 1. The molecule has 0 fully saturated rings. The molecule has 1 aromatic heterocycles. The minimum atomic E-state index is -3.39. The molecule has 0 spiro atoms. The van der Waals surface area contributed by atoms with Gasteiger partial charge in [-0.25, -0.2) is 13.1 Å². The van der Waals surface area contributed by atoms with Crippen molar-refractivity contribution in [2.75, 3.05) is 6.54 Å². The van der Waals surface area contributed by atoms with E-state index in [1.165, 1.54) is 0 Å². The van der Waals surface area contributed by atoms with Crippen molar-refractivity contribution in [3.8, 4) is 0 Å². The SMILES string of the molecule is CCCCC(CC)CNS(=O)(=O)c1ccc(Cl)s1. The van der Waals surface area contributed by atoms with E-state index in [0.29, 0.717) is 16.8 Å². The summed E-state index contributed by atoms with van der Waals surface area (Å²) in [5.74, 6) is 0.412. The number of rotatable bonds is 8. The molecule has 0 radical (unpaired) electrons. The zero-order valence-corrected chi connectivity index (χ0v) is 13.2. The van der Waals surface area contributed by atoms with Gasteiger partial charge in [0.15, 0.2) is 0 Å². The zero-order chi connectivity index (χ0) is 13.6. The Hall–Kier alpha value is -0.100. The highest BCUT2D eigenvalue weighted by Gasteiger charge is 2.18. The molecule has 18 heavy (non-hydrogen) atoms. The molecule has 1 heterocycles. The average molecular weight is 310 g/mol. The summed E-state index contributed by atoms with van der Waals surface area (Å²) in [5.41, 5.74) is 0. The fraction of sp³-hybridized carbons (Fsp3) is 0.667. The van der Waals surface area contributed by atoms with Crippen molar-refractivity contribution in [3.63, 3.8) is 0 Å². The Morgan fingerprint density at radius 1 is 1.39 bits per heavy atom. The lowest BCUT2D eigenvalue weighted by Crippen LogP contribution is -2.28. The number of unbranched alkanes of at least 4 members (excludes halogenated alkanes) is 1. The molecule has 1 aromatic rings. The Balaban J connectivity index is 2.55. The number of halogens is 1. The first-order chi connectivity index (χ1) is 8.49. The molecule has 1 unspecified atom stereocenters. The Morgan fingerprint density at radius 3 is 2.61 bits per heavy atom. The van der Waals surface area contributed by atoms with Gasteiger partial charge in [0.2, 0.25) is 10.0 Å². The summed E-state index contributed by atoms with van der Waals surface area (Å²) >= 11 is 6.84. The van der Waals surface area contributed by atoms with Gasteiger partial charge in [-0.3, -0.25) is 0 Å². The Labute approximate surface area is 119 Å². The van der Waals surface area contributed by atoms with Crippen LogP contribution in [0.5, 0.6) is 0 Å². The van der Waals surface area contributed by atoms with Crippen molar-refractivity contribution in [1.29, 1.82) is 0 Å². The van der Waals surface area contributed by atoms with E-state index in [4.69, 9.17) is 11.6 Å². The van der Waals surface area contributed by atoms with E-state index in [2.05, 4.69) is 18.6 Å². The van der Waals surface area contributed by atoms with Gasteiger partial charge in [-0.1, -0.05) is 44.7 Å². The first kappa shape index (κ1) is 16.0. The Bertz CT molecular complexity index is 456. The molecular formula is C12H20ClNO2S2. The number of sulfonamides is 1. The van der Waals surface area contributed by atoms with Gasteiger partial charge >= 0.3 is 0 Å². The van der Waals surface area contributed by atoms with Gasteiger partial charge in [0.1, 0.15) is 4.21 Å². The number of hydrogen-bond acceptors (Lipinski definition) is 3. The van der Waals surface area contributed by atoms with Gasteiger partial charge in [0.05, 0.1) is 4.34 Å². The Morgan fingerprint density at radius 2 is 2.11 bits per heavy atom. The van der Waals surface area contributed by atoms with Crippen molar-refractivity contribution >= 4 is 33.0 Å². The van der Waals surface area contributed by atoms with Crippen LogP contribution in [0.3, 0.4) is 0 Å². The van der Waals surface area contributed by atoms with Gasteiger partial charge in [-0.2, -0.15) is 0 Å². The van der Waals surface area contributed by atoms with E-state index in [1.807, 2.05) is 0 Å². The minimum Gasteiger partial charge on any atom is -0.210 e. The van der Waals surface area contributed by atoms with E-state index in [1.54, 1.807) is 12.1 Å². The van der Waals surface area contributed by atoms with E-state index in [0.717, 1.165) is 37.0 Å². The first-order valence-electron chi connectivity index (χ1n) is 6.24. The molecule has 0 aliphatic heterocycles. The van der Waals surface area contributed by atoms with Crippen LogP contribution in [-0.2, 0) is 10.0 Å². The van der Waals surface area contributed by atoms with Crippen molar-refractivity contribution in [1.82, 2.24) is 4.72 Å². The van der Waals surface area contributed by atoms with Crippen molar-refractivity contribution in [2.24, 2.45) is 5.92 Å². The van der Waals surface area contributed by atoms with Crippen molar-refractivity contribution < 1.29 is 8.42 Å². The molecular weight excluding hydrogens is 290 g/mol. The third-order valence-corrected chi connectivity index (χ3v) is 6.07. The third kappa shape index (κ3) is 4.88. The predicted octanol–water partition coefficient (Wildman–Crippen LogP) is 3.90. The van der Waals surface area contributed by atoms with Crippen LogP contribution in [0.2, 0.25) is 4.34 Å². The van der Waals surface area contributed by atoms with E-state index < -0.39 is 10.0 Å². The molecule has 1 atom stereocenters. The molecule has 3 nitrogen and oxygen atoms in total. The van der Waals surface area contributed by atoms with Gasteiger partial charge in [0.25, 0.3) is 0 Å². The largest absolute Gasteiger partial charge is 0.250 e. The van der Waals surface area contributed by atoms with Crippen LogP contribution in [-0.4, -0.2) is 15.0 Å². The second-order valence-corrected chi connectivity index (χ2v) is 8.04. The third-order valence-electron chi connectivity index (χ3n) is 2.92. The summed E-state index contributed by atoms with van der Waals surface area (Å²) < 4.78 is 27.4. The fourth-order valence-corrected chi connectivity index (χ4v) is 4.33. The van der Waals surface area contributed by atoms with Gasteiger partial charge in [-0.05, 0) is 24.5 Å². The monoisotopic (exact) mass is 309 g/mol. The lowest BCUT2D eigenvalue weighted by molar-refractivity contribution is 0.444. The van der Waals surface area contributed by atoms with Gasteiger partial charge in [0, 0.05) is 6.54 Å². The molecule has 0 aliphatic rings. The molecule has 0 bridgehead atoms. The maximum absolute atomic E-state index is 12.0. The molecule has 0 saturated carbocycles. The second-order valence-electron chi connectivity index (χ2n) is 4.33. The molecule has 0 aromatic carbocycles. The second kappa shape index (κ2) is 7.48. The van der Waals surface area contributed by atoms with E-state index >= 15 is 0 Å². The highest BCUT2D eigenvalue weighted by atomic mass is 35.5. The molecule has 0 aliphatic carbocycles. The maximum atomic E-state index is 12.0. The molecule has 0 amide bonds. The highest BCUT2D eigenvalue weighted by Crippen LogP contribution is 2.25. The summed E-state index contributed by atoms with van der Waals surface area (Å²) in [7, 11) is -3.39. The zero-order valence-electron chi connectivity index (χ0n) is 10.8. The van der Waals surface area contributed by atoms with E-state index in [-0.39, 0.29) is 4.21 Å². The molecule has 6 heteroatoms. The average Bonchev–Trinajstić information content (AvgIpc) is 2.77. The summed E-state index contributed by atoms with van der Waals surface area (Å²) in [6.45, 7) is 4.75. The standard InChI is InChI=1S/C12H20ClNO2S2/c1-3-5-6-10(4-2)9-14-18(15,16)12-8-7-11(13)17-12/h7-8,10,14H,3-6,9H2,1-2H3. The Kier molecular flexibility index (Phi) is 6.63. The summed E-state index contributed by atoms with van der Waals surface area (Å²) in [6, 6.07) is 3.15. The predicted molar refractivity (Wildman–Crippen MR) is 77.8 cm³/mol. The smallest absolute Gasteiger partial charge is 0.210 e. The number of nitrogens with one attached hydrogen (secondary N) is 1. The van der Waals surface area contributed by atoms with Crippen molar-refractivity contribution in [2.45, 2.75) is 43.7 Å². The summed E-state index contributed by atoms with van der Waals surface area (Å²) in [4.78, 5) is 0. The normalized spacial score (nSPS) is 13.7. The molecule has 1 N–H and O–H groups in total. The van der Waals surface area contributed by atoms with Crippen LogP contribution < -0.4 is 4.72 Å². The van der Waals surface area contributed by atoms with Gasteiger partial charge < -0.3 is 0 Å². The summed E-state index contributed by atoms with van der Waals surface area (Å²) in [6.07, 6.45) is 4.35. The number of hydrogen-bond donors (Lipinski definition) is 1. The van der Waals surface area contributed by atoms with Crippen LogP contribution >= 0.6 is 22.9 Å². The van der Waals surface area contributed by atoms with Gasteiger partial charge in [-0.15, -0.1) is 11.3 Å². The van der Waals surface area contributed by atoms with E-state index in [9.17, 15) is 8.42 Å². The van der Waals surface area contributed by atoms with Crippen LogP contribution in [0.4, 0.5) is 0 Å². The van der Waals surface area contributed by atoms with Crippen molar-refractivity contribution in [3.05, 3.63) is 16.5 Å². The minimum absolute atomic E-state index is 0.290. The lowest BCUT2D eigenvalue weighted by atomic mass is 10.00. The topological polar surface area (TPSA) is 46.2 Å². The fourth-order valence-electron chi connectivity index (χ4n) is 1.68. The quantitative estimate of drug-likeness (QED) is 0.791. The van der Waals surface area contributed by atoms with Crippen LogP contribution in [0.25, 0.3) is 0 Å². The van der Waals surface area contributed by atoms with Crippen LogP contribution in [0, 0.1) is 5.92 Å². The molecule has 1 rings (SSSR count).